The van der Waals surface area contributed by atoms with Crippen molar-refractivity contribution in [3.05, 3.63) is 22.5 Å². The lowest BCUT2D eigenvalue weighted by atomic mass is 10.1. The first kappa shape index (κ1) is 17.2. The third kappa shape index (κ3) is 4.87. The third-order valence-electron chi connectivity index (χ3n) is 3.27. The number of aromatic nitrogens is 1. The molecule has 4 N–H and O–H groups in total. The summed E-state index contributed by atoms with van der Waals surface area (Å²) in [6, 6.07) is 0. The highest BCUT2D eigenvalue weighted by atomic mass is 16.4. The highest BCUT2D eigenvalue weighted by Crippen LogP contribution is 2.19. The maximum Gasteiger partial charge on any atom is 0.352 e. The Hall–Kier alpha value is -1.86. The first-order valence-electron chi connectivity index (χ1n) is 6.88. The fourth-order valence-corrected chi connectivity index (χ4v) is 2.17. The number of nitrogens with zero attached hydrogens (tertiary/aromatic N) is 1. The van der Waals surface area contributed by atoms with E-state index in [4.69, 9.17) is 5.11 Å². The Kier molecular flexibility index (Phi) is 6.39. The quantitative estimate of drug-likeness (QED) is 0.503. The van der Waals surface area contributed by atoms with Crippen LogP contribution in [0.1, 0.15) is 38.5 Å². The molecule has 0 amide bonds. The minimum Gasteiger partial charge on any atom is -0.478 e. The number of carboxylic acid groups (broad SMARTS) is 2. The lowest BCUT2D eigenvalue weighted by molar-refractivity contribution is 0.0687. The van der Waals surface area contributed by atoms with Gasteiger partial charge >= 0.3 is 11.9 Å². The van der Waals surface area contributed by atoms with Crippen molar-refractivity contribution >= 4 is 11.9 Å². The van der Waals surface area contributed by atoms with Crippen LogP contribution in [0.4, 0.5) is 0 Å². The van der Waals surface area contributed by atoms with Gasteiger partial charge in [-0.3, -0.25) is 0 Å². The van der Waals surface area contributed by atoms with Crippen molar-refractivity contribution in [1.82, 2.24) is 15.2 Å². The molecule has 0 aromatic carbocycles. The van der Waals surface area contributed by atoms with E-state index in [1.54, 1.807) is 0 Å². The zero-order valence-electron chi connectivity index (χ0n) is 12.7. The molecule has 0 atom stereocenters. The lowest BCUT2D eigenvalue weighted by Crippen LogP contribution is -2.27. The molecule has 118 valence electrons. The molecule has 0 aliphatic carbocycles. The molecule has 0 bridgehead atoms. The Morgan fingerprint density at radius 1 is 1.19 bits per heavy atom. The first-order chi connectivity index (χ1) is 9.84. The fourth-order valence-electron chi connectivity index (χ4n) is 2.17. The summed E-state index contributed by atoms with van der Waals surface area (Å²) < 4.78 is 0. The van der Waals surface area contributed by atoms with Gasteiger partial charge in [-0.1, -0.05) is 0 Å². The van der Waals surface area contributed by atoms with Crippen LogP contribution in [0.2, 0.25) is 0 Å². The largest absolute Gasteiger partial charge is 0.478 e. The van der Waals surface area contributed by atoms with Gasteiger partial charge in [0.2, 0.25) is 0 Å². The van der Waals surface area contributed by atoms with Crippen LogP contribution >= 0.6 is 0 Å². The zero-order valence-corrected chi connectivity index (χ0v) is 12.7. The molecule has 0 saturated heterocycles. The smallest absolute Gasteiger partial charge is 0.352 e. The van der Waals surface area contributed by atoms with E-state index in [-0.39, 0.29) is 16.8 Å². The Bertz CT molecular complexity index is 509. The molecule has 1 heterocycles. The van der Waals surface area contributed by atoms with Crippen molar-refractivity contribution in [2.45, 2.75) is 19.8 Å². The summed E-state index contributed by atoms with van der Waals surface area (Å²) in [6.07, 6.45) is 1.25. The van der Waals surface area contributed by atoms with Crippen LogP contribution in [0, 0.1) is 6.92 Å². The standard InChI is InChI=1S/C14H23N3O4/c1-9-11(13(18)19)10(16-12(9)14(20)21)5-4-6-15-7-8-17(2)3/h15-16H,4-8H2,1-3H3,(H,18,19)(H,20,21). The van der Waals surface area contributed by atoms with Gasteiger partial charge < -0.3 is 25.4 Å². The van der Waals surface area contributed by atoms with Crippen LogP contribution in [0.25, 0.3) is 0 Å². The number of carbonyl (C=O) groups is 2. The number of aromatic carboxylic acids is 2. The molecule has 0 unspecified atom stereocenters. The molecule has 0 fully saturated rings. The summed E-state index contributed by atoms with van der Waals surface area (Å²) in [5.74, 6) is -2.22. The summed E-state index contributed by atoms with van der Waals surface area (Å²) in [7, 11) is 3.99. The molecular weight excluding hydrogens is 274 g/mol. The van der Waals surface area contributed by atoms with Gasteiger partial charge in [-0.15, -0.1) is 0 Å². The maximum atomic E-state index is 11.3. The minimum atomic E-state index is -1.13. The number of nitrogens with one attached hydrogen (secondary N) is 2. The van der Waals surface area contributed by atoms with E-state index in [9.17, 15) is 14.7 Å². The van der Waals surface area contributed by atoms with Crippen LogP contribution in [0.15, 0.2) is 0 Å². The maximum absolute atomic E-state index is 11.3. The van der Waals surface area contributed by atoms with E-state index >= 15 is 0 Å². The number of hydrogen-bond donors (Lipinski definition) is 4. The Morgan fingerprint density at radius 3 is 2.38 bits per heavy atom. The molecule has 0 spiro atoms. The molecule has 1 aromatic rings. The molecule has 0 aliphatic heterocycles. The Balaban J connectivity index is 2.60. The molecule has 7 nitrogen and oxygen atoms in total. The van der Waals surface area contributed by atoms with Crippen molar-refractivity contribution in [3.8, 4) is 0 Å². The molecule has 7 heteroatoms. The number of hydrogen-bond acceptors (Lipinski definition) is 4. The number of aryl methyl sites for hydroxylation is 1. The van der Waals surface area contributed by atoms with Crippen molar-refractivity contribution < 1.29 is 19.8 Å². The molecule has 1 aromatic heterocycles. The van der Waals surface area contributed by atoms with Gasteiger partial charge in [0.05, 0.1) is 5.56 Å². The van der Waals surface area contributed by atoms with Crippen LogP contribution in [-0.2, 0) is 6.42 Å². The predicted molar refractivity (Wildman–Crippen MR) is 79.2 cm³/mol. The number of rotatable bonds is 9. The monoisotopic (exact) mass is 297 g/mol. The summed E-state index contributed by atoms with van der Waals surface area (Å²) in [5, 5.41) is 21.5. The second-order valence-electron chi connectivity index (χ2n) is 5.25. The number of H-pyrrole nitrogens is 1. The third-order valence-corrected chi connectivity index (χ3v) is 3.27. The molecule has 0 aliphatic rings. The Labute approximate surface area is 124 Å². The first-order valence-corrected chi connectivity index (χ1v) is 6.88. The minimum absolute atomic E-state index is 0.0389. The SMILES string of the molecule is Cc1c(C(=O)O)[nH]c(CCCNCCN(C)C)c1C(=O)O. The highest BCUT2D eigenvalue weighted by Gasteiger charge is 2.22. The molecular formula is C14H23N3O4. The second kappa shape index (κ2) is 7.80. The summed E-state index contributed by atoms with van der Waals surface area (Å²) >= 11 is 0. The fraction of sp³-hybridized carbons (Fsp3) is 0.571. The van der Waals surface area contributed by atoms with Crippen LogP contribution in [0.5, 0.6) is 0 Å². The van der Waals surface area contributed by atoms with E-state index in [2.05, 4.69) is 15.2 Å². The topological polar surface area (TPSA) is 106 Å². The number of likely N-dealkylation sites (N-methyl/N-ethyl adjacent to an activating group) is 1. The van der Waals surface area contributed by atoms with Gasteiger partial charge in [0, 0.05) is 18.8 Å². The van der Waals surface area contributed by atoms with Gasteiger partial charge in [-0.2, -0.15) is 0 Å². The van der Waals surface area contributed by atoms with Crippen molar-refractivity contribution in [3.63, 3.8) is 0 Å². The molecule has 21 heavy (non-hydrogen) atoms. The van der Waals surface area contributed by atoms with E-state index in [1.165, 1.54) is 6.92 Å². The predicted octanol–water partition coefficient (Wildman–Crippen LogP) is 0.803. The summed E-state index contributed by atoms with van der Waals surface area (Å²) in [4.78, 5) is 27.1. The van der Waals surface area contributed by atoms with Crippen LogP contribution in [0.3, 0.4) is 0 Å². The summed E-state index contributed by atoms with van der Waals surface area (Å²) in [5.41, 5.74) is 0.807. The van der Waals surface area contributed by atoms with Crippen molar-refractivity contribution in [1.29, 1.82) is 0 Å². The number of aromatic amines is 1. The highest BCUT2D eigenvalue weighted by molar-refractivity contribution is 5.97. The van der Waals surface area contributed by atoms with Gasteiger partial charge in [0.15, 0.2) is 0 Å². The van der Waals surface area contributed by atoms with E-state index < -0.39 is 11.9 Å². The van der Waals surface area contributed by atoms with Crippen molar-refractivity contribution in [2.75, 3.05) is 33.7 Å². The normalized spacial score (nSPS) is 11.0. The van der Waals surface area contributed by atoms with Gasteiger partial charge in [-0.05, 0) is 46.0 Å². The number of carboxylic acids is 2. The zero-order chi connectivity index (χ0) is 16.0. The summed E-state index contributed by atoms with van der Waals surface area (Å²) in [6.45, 7) is 4.07. The van der Waals surface area contributed by atoms with Crippen LogP contribution < -0.4 is 5.32 Å². The molecule has 1 rings (SSSR count). The van der Waals surface area contributed by atoms with Crippen molar-refractivity contribution in [2.24, 2.45) is 0 Å². The van der Waals surface area contributed by atoms with Gasteiger partial charge in [0.25, 0.3) is 0 Å². The van der Waals surface area contributed by atoms with Crippen LogP contribution in [-0.4, -0.2) is 65.8 Å². The van der Waals surface area contributed by atoms with Gasteiger partial charge in [-0.25, -0.2) is 9.59 Å². The average Bonchev–Trinajstić information content (AvgIpc) is 2.70. The van der Waals surface area contributed by atoms with E-state index in [0.29, 0.717) is 12.1 Å². The van der Waals surface area contributed by atoms with Gasteiger partial charge in [0.1, 0.15) is 5.69 Å². The Morgan fingerprint density at radius 2 is 1.86 bits per heavy atom. The lowest BCUT2D eigenvalue weighted by Gasteiger charge is -2.10. The molecule has 0 radical (unpaired) electrons. The van der Waals surface area contributed by atoms with E-state index in [1.807, 2.05) is 14.1 Å². The van der Waals surface area contributed by atoms with E-state index in [0.717, 1.165) is 26.1 Å². The molecule has 0 saturated carbocycles. The second-order valence-corrected chi connectivity index (χ2v) is 5.25. The average molecular weight is 297 g/mol.